The highest BCUT2D eigenvalue weighted by Gasteiger charge is 2.18. The Kier molecular flexibility index (Phi) is 8.21. The third kappa shape index (κ3) is 5.80. The SMILES string of the molecule is CCCN(CCC)C(=O)c1ccc(NC(=O)c2ccc(SC)c([N+](=O)[O-])c2)cc1. The Morgan fingerprint density at radius 3 is 2.14 bits per heavy atom. The van der Waals surface area contributed by atoms with Crippen LogP contribution in [0.25, 0.3) is 0 Å². The standard InChI is InChI=1S/C21H25N3O4S/c1-4-12-23(13-5-2)21(26)15-6-9-17(10-7-15)22-20(25)16-8-11-19(29-3)18(14-16)24(27)28/h6-11,14H,4-5,12-13H2,1-3H3,(H,22,25). The summed E-state index contributed by atoms with van der Waals surface area (Å²) < 4.78 is 0. The van der Waals surface area contributed by atoms with Gasteiger partial charge >= 0.3 is 0 Å². The van der Waals surface area contributed by atoms with E-state index in [1.165, 1.54) is 17.8 Å². The van der Waals surface area contributed by atoms with Crippen molar-refractivity contribution >= 4 is 35.0 Å². The highest BCUT2D eigenvalue weighted by Crippen LogP contribution is 2.28. The van der Waals surface area contributed by atoms with Crippen molar-refractivity contribution in [3.05, 3.63) is 63.7 Å². The number of hydrogen-bond donors (Lipinski definition) is 1. The number of hydrogen-bond acceptors (Lipinski definition) is 5. The van der Waals surface area contributed by atoms with E-state index in [1.807, 2.05) is 18.7 Å². The van der Waals surface area contributed by atoms with Crippen LogP contribution < -0.4 is 5.32 Å². The van der Waals surface area contributed by atoms with E-state index in [2.05, 4.69) is 5.32 Å². The second kappa shape index (κ2) is 10.6. The summed E-state index contributed by atoms with van der Waals surface area (Å²) in [6.07, 6.45) is 3.52. The molecule has 0 saturated carbocycles. The van der Waals surface area contributed by atoms with Crippen molar-refractivity contribution in [3.8, 4) is 0 Å². The molecule has 0 radical (unpaired) electrons. The zero-order valence-corrected chi connectivity index (χ0v) is 17.6. The van der Waals surface area contributed by atoms with Gasteiger partial charge in [0.15, 0.2) is 0 Å². The first-order valence-corrected chi connectivity index (χ1v) is 10.7. The van der Waals surface area contributed by atoms with Crippen molar-refractivity contribution in [2.24, 2.45) is 0 Å². The molecule has 2 amide bonds. The van der Waals surface area contributed by atoms with Crippen molar-refractivity contribution in [1.82, 2.24) is 4.90 Å². The summed E-state index contributed by atoms with van der Waals surface area (Å²) in [5, 5.41) is 13.9. The number of nitro benzene ring substituents is 1. The number of thioether (sulfide) groups is 1. The quantitative estimate of drug-likeness (QED) is 0.360. The lowest BCUT2D eigenvalue weighted by molar-refractivity contribution is -0.387. The molecule has 29 heavy (non-hydrogen) atoms. The molecule has 0 saturated heterocycles. The van der Waals surface area contributed by atoms with E-state index in [4.69, 9.17) is 0 Å². The Labute approximate surface area is 174 Å². The fourth-order valence-electron chi connectivity index (χ4n) is 2.91. The maximum atomic E-state index is 12.6. The van der Waals surface area contributed by atoms with E-state index in [-0.39, 0.29) is 17.2 Å². The summed E-state index contributed by atoms with van der Waals surface area (Å²) in [4.78, 5) is 38.1. The van der Waals surface area contributed by atoms with Crippen molar-refractivity contribution in [3.63, 3.8) is 0 Å². The Morgan fingerprint density at radius 2 is 1.62 bits per heavy atom. The lowest BCUT2D eigenvalue weighted by atomic mass is 10.1. The van der Waals surface area contributed by atoms with Gasteiger partial charge in [-0.1, -0.05) is 13.8 Å². The first-order chi connectivity index (χ1) is 13.9. The molecule has 0 aliphatic rings. The fourth-order valence-corrected chi connectivity index (χ4v) is 3.46. The van der Waals surface area contributed by atoms with Gasteiger partial charge in [-0.05, 0) is 55.5 Å². The number of amides is 2. The maximum absolute atomic E-state index is 12.6. The smallest absolute Gasteiger partial charge is 0.283 e. The predicted molar refractivity (Wildman–Crippen MR) is 116 cm³/mol. The van der Waals surface area contributed by atoms with Crippen LogP contribution in [0.5, 0.6) is 0 Å². The van der Waals surface area contributed by atoms with Crippen LogP contribution in [0.15, 0.2) is 47.4 Å². The zero-order valence-electron chi connectivity index (χ0n) is 16.8. The van der Waals surface area contributed by atoms with Crippen LogP contribution in [0.4, 0.5) is 11.4 Å². The molecule has 0 fully saturated rings. The van der Waals surface area contributed by atoms with Crippen LogP contribution in [-0.2, 0) is 0 Å². The number of carbonyl (C=O) groups is 2. The van der Waals surface area contributed by atoms with Gasteiger partial charge in [0.25, 0.3) is 17.5 Å². The molecule has 8 heteroatoms. The number of nitro groups is 1. The Hall–Kier alpha value is -2.87. The number of anilines is 1. The molecule has 0 bridgehead atoms. The van der Waals surface area contributed by atoms with Gasteiger partial charge in [0.1, 0.15) is 0 Å². The van der Waals surface area contributed by atoms with E-state index in [0.717, 1.165) is 12.8 Å². The minimum atomic E-state index is -0.499. The van der Waals surface area contributed by atoms with Crippen molar-refractivity contribution in [1.29, 1.82) is 0 Å². The normalized spacial score (nSPS) is 10.4. The zero-order chi connectivity index (χ0) is 21.4. The summed E-state index contributed by atoms with van der Waals surface area (Å²) in [7, 11) is 0. The van der Waals surface area contributed by atoms with Crippen LogP contribution in [-0.4, -0.2) is 41.0 Å². The predicted octanol–water partition coefficient (Wildman–Crippen LogP) is 4.83. The molecule has 2 rings (SSSR count). The molecule has 0 unspecified atom stereocenters. The molecule has 0 atom stereocenters. The third-order valence-corrected chi connectivity index (χ3v) is 5.09. The molecule has 1 N–H and O–H groups in total. The van der Waals surface area contributed by atoms with Crippen molar-refractivity contribution in [2.75, 3.05) is 24.7 Å². The van der Waals surface area contributed by atoms with E-state index in [0.29, 0.717) is 29.2 Å². The number of nitrogens with zero attached hydrogens (tertiary/aromatic N) is 2. The number of rotatable bonds is 9. The molecule has 7 nitrogen and oxygen atoms in total. The lowest BCUT2D eigenvalue weighted by Crippen LogP contribution is -2.32. The molecule has 0 aromatic heterocycles. The largest absolute Gasteiger partial charge is 0.339 e. The topological polar surface area (TPSA) is 92.6 Å². The third-order valence-electron chi connectivity index (χ3n) is 4.30. The van der Waals surface area contributed by atoms with Gasteiger partial charge in [-0.2, -0.15) is 0 Å². The molecule has 0 heterocycles. The van der Waals surface area contributed by atoms with Crippen LogP contribution in [0, 0.1) is 10.1 Å². The van der Waals surface area contributed by atoms with Gasteiger partial charge in [-0.3, -0.25) is 19.7 Å². The maximum Gasteiger partial charge on any atom is 0.283 e. The van der Waals surface area contributed by atoms with Gasteiger partial charge in [0.05, 0.1) is 9.82 Å². The Bertz CT molecular complexity index is 878. The van der Waals surface area contributed by atoms with E-state index in [1.54, 1.807) is 42.7 Å². The van der Waals surface area contributed by atoms with Gasteiger partial charge in [0, 0.05) is 36.0 Å². The van der Waals surface area contributed by atoms with Gasteiger partial charge in [0.2, 0.25) is 0 Å². The molecule has 0 aliphatic heterocycles. The monoisotopic (exact) mass is 415 g/mol. The summed E-state index contributed by atoms with van der Waals surface area (Å²) in [5.74, 6) is -0.478. The summed E-state index contributed by atoms with van der Waals surface area (Å²) in [6.45, 7) is 5.47. The summed E-state index contributed by atoms with van der Waals surface area (Å²) in [5.41, 5.74) is 1.18. The highest BCUT2D eigenvalue weighted by atomic mass is 32.2. The van der Waals surface area contributed by atoms with E-state index >= 15 is 0 Å². The minimum absolute atomic E-state index is 0.0325. The number of carbonyl (C=O) groups excluding carboxylic acids is 2. The van der Waals surface area contributed by atoms with Crippen molar-refractivity contribution < 1.29 is 14.5 Å². The van der Waals surface area contributed by atoms with Gasteiger partial charge < -0.3 is 10.2 Å². The fraction of sp³-hybridized carbons (Fsp3) is 0.333. The molecule has 154 valence electrons. The minimum Gasteiger partial charge on any atom is -0.339 e. The van der Waals surface area contributed by atoms with Crippen LogP contribution in [0.3, 0.4) is 0 Å². The Balaban J connectivity index is 2.13. The average molecular weight is 416 g/mol. The average Bonchev–Trinajstić information content (AvgIpc) is 2.73. The number of nitrogens with one attached hydrogen (secondary N) is 1. The van der Waals surface area contributed by atoms with Crippen LogP contribution in [0.1, 0.15) is 47.4 Å². The second-order valence-corrected chi connectivity index (χ2v) is 7.32. The van der Waals surface area contributed by atoms with Crippen molar-refractivity contribution in [2.45, 2.75) is 31.6 Å². The first-order valence-electron chi connectivity index (χ1n) is 9.44. The highest BCUT2D eigenvalue weighted by molar-refractivity contribution is 7.98. The Morgan fingerprint density at radius 1 is 1.03 bits per heavy atom. The van der Waals surface area contributed by atoms with Gasteiger partial charge in [-0.25, -0.2) is 0 Å². The van der Waals surface area contributed by atoms with Crippen LogP contribution >= 0.6 is 11.8 Å². The molecule has 0 aliphatic carbocycles. The molecular formula is C21H25N3O4S. The molecule has 2 aromatic carbocycles. The van der Waals surface area contributed by atoms with Crippen LogP contribution in [0.2, 0.25) is 0 Å². The van der Waals surface area contributed by atoms with E-state index in [9.17, 15) is 19.7 Å². The second-order valence-electron chi connectivity index (χ2n) is 6.47. The van der Waals surface area contributed by atoms with E-state index < -0.39 is 10.8 Å². The first kappa shape index (κ1) is 22.4. The number of benzene rings is 2. The summed E-state index contributed by atoms with van der Waals surface area (Å²) >= 11 is 1.25. The summed E-state index contributed by atoms with van der Waals surface area (Å²) in [6, 6.07) is 11.1. The molecular weight excluding hydrogens is 390 g/mol. The lowest BCUT2D eigenvalue weighted by Gasteiger charge is -2.21. The molecule has 0 spiro atoms. The molecule has 2 aromatic rings. The van der Waals surface area contributed by atoms with Gasteiger partial charge in [-0.15, -0.1) is 11.8 Å².